The van der Waals surface area contributed by atoms with Gasteiger partial charge in [0.25, 0.3) is 0 Å². The molecule has 0 bridgehead atoms. The van der Waals surface area contributed by atoms with E-state index in [0.717, 1.165) is 18.4 Å². The summed E-state index contributed by atoms with van der Waals surface area (Å²) in [6, 6.07) is 5.51. The number of hydrogen-bond acceptors (Lipinski definition) is 5. The molecular weight excluding hydrogens is 298 g/mol. The molecular formula is C16H25N3O4. The first-order valence-electron chi connectivity index (χ1n) is 7.63. The Labute approximate surface area is 136 Å². The van der Waals surface area contributed by atoms with E-state index in [0.29, 0.717) is 24.7 Å². The number of methoxy groups -OCH3 is 1. The maximum Gasteiger partial charge on any atom is 0.239 e. The molecule has 0 aliphatic heterocycles. The Morgan fingerprint density at radius 2 is 1.96 bits per heavy atom. The lowest BCUT2D eigenvalue weighted by Crippen LogP contribution is -2.39. The summed E-state index contributed by atoms with van der Waals surface area (Å²) in [7, 11) is 1.58. The molecule has 0 radical (unpaired) electrons. The van der Waals surface area contributed by atoms with Crippen LogP contribution in [0.2, 0.25) is 0 Å². The fourth-order valence-corrected chi connectivity index (χ4v) is 1.78. The van der Waals surface area contributed by atoms with Crippen LogP contribution in [0.4, 0.5) is 0 Å². The van der Waals surface area contributed by atoms with E-state index in [1.54, 1.807) is 7.11 Å². The Morgan fingerprint density at radius 1 is 1.17 bits per heavy atom. The van der Waals surface area contributed by atoms with Crippen molar-refractivity contribution in [3.63, 3.8) is 0 Å². The van der Waals surface area contributed by atoms with Gasteiger partial charge in [-0.25, -0.2) is 0 Å². The minimum absolute atomic E-state index is 0.0919. The molecule has 4 N–H and O–H groups in total. The molecule has 2 amide bonds. The summed E-state index contributed by atoms with van der Waals surface area (Å²) in [6.07, 6.45) is 2.04. The second-order valence-electron chi connectivity index (χ2n) is 4.94. The number of ether oxygens (including phenoxy) is 2. The Balaban J connectivity index is 2.50. The number of hydrogen-bond donors (Lipinski definition) is 3. The van der Waals surface area contributed by atoms with Gasteiger partial charge in [0.1, 0.15) is 0 Å². The van der Waals surface area contributed by atoms with Crippen LogP contribution in [0.5, 0.6) is 11.5 Å². The van der Waals surface area contributed by atoms with Crippen molar-refractivity contribution in [1.29, 1.82) is 0 Å². The molecule has 0 aliphatic rings. The van der Waals surface area contributed by atoms with Gasteiger partial charge in [0.05, 0.1) is 26.8 Å². The SMILES string of the molecule is CCCCOc1ccc(CNC(=O)CNC(=O)CN)cc1OC. The van der Waals surface area contributed by atoms with Crippen LogP contribution in [-0.4, -0.2) is 38.6 Å². The van der Waals surface area contributed by atoms with Gasteiger partial charge in [-0.3, -0.25) is 9.59 Å². The van der Waals surface area contributed by atoms with Crippen molar-refractivity contribution < 1.29 is 19.1 Å². The monoisotopic (exact) mass is 323 g/mol. The molecule has 0 saturated carbocycles. The lowest BCUT2D eigenvalue weighted by molar-refractivity contribution is -0.125. The zero-order valence-corrected chi connectivity index (χ0v) is 13.7. The molecule has 1 aromatic rings. The maximum atomic E-state index is 11.6. The van der Waals surface area contributed by atoms with Gasteiger partial charge in [-0.2, -0.15) is 0 Å². The molecule has 7 nitrogen and oxygen atoms in total. The van der Waals surface area contributed by atoms with Gasteiger partial charge in [0, 0.05) is 6.54 Å². The van der Waals surface area contributed by atoms with Gasteiger partial charge in [0.15, 0.2) is 11.5 Å². The van der Waals surface area contributed by atoms with E-state index in [2.05, 4.69) is 17.6 Å². The molecule has 0 aromatic heterocycles. The van der Waals surface area contributed by atoms with E-state index < -0.39 is 0 Å². The van der Waals surface area contributed by atoms with E-state index in [9.17, 15) is 9.59 Å². The van der Waals surface area contributed by atoms with Crippen molar-refractivity contribution in [2.75, 3.05) is 26.8 Å². The number of carbonyl (C=O) groups excluding carboxylic acids is 2. The molecule has 0 heterocycles. The largest absolute Gasteiger partial charge is 0.493 e. The zero-order valence-electron chi connectivity index (χ0n) is 13.7. The molecule has 1 rings (SSSR count). The highest BCUT2D eigenvalue weighted by molar-refractivity contribution is 5.85. The fourth-order valence-electron chi connectivity index (χ4n) is 1.78. The van der Waals surface area contributed by atoms with Crippen molar-refractivity contribution in [2.24, 2.45) is 5.73 Å². The zero-order chi connectivity index (χ0) is 17.1. The number of nitrogens with one attached hydrogen (secondary N) is 2. The minimum Gasteiger partial charge on any atom is -0.493 e. The smallest absolute Gasteiger partial charge is 0.239 e. The number of nitrogens with two attached hydrogens (primary N) is 1. The minimum atomic E-state index is -0.365. The van der Waals surface area contributed by atoms with E-state index >= 15 is 0 Å². The van der Waals surface area contributed by atoms with Crippen molar-refractivity contribution in [1.82, 2.24) is 10.6 Å². The van der Waals surface area contributed by atoms with E-state index in [1.165, 1.54) is 0 Å². The van der Waals surface area contributed by atoms with Crippen LogP contribution < -0.4 is 25.8 Å². The first kappa shape index (κ1) is 18.8. The standard InChI is InChI=1S/C16H25N3O4/c1-3-4-7-23-13-6-5-12(8-14(13)22-2)10-18-16(21)11-19-15(20)9-17/h5-6,8H,3-4,7,9-11,17H2,1-2H3,(H,18,21)(H,19,20). The summed E-state index contributed by atoms with van der Waals surface area (Å²) in [4.78, 5) is 22.6. The number of rotatable bonds is 10. The Hall–Kier alpha value is -2.28. The van der Waals surface area contributed by atoms with Gasteiger partial charge >= 0.3 is 0 Å². The Kier molecular flexibility index (Phi) is 8.52. The van der Waals surface area contributed by atoms with Crippen molar-refractivity contribution >= 4 is 11.8 Å². The Bertz CT molecular complexity index is 520. The second-order valence-corrected chi connectivity index (χ2v) is 4.94. The third kappa shape index (κ3) is 7.01. The summed E-state index contributed by atoms with van der Waals surface area (Å²) in [5.74, 6) is 0.667. The van der Waals surface area contributed by atoms with Crippen LogP contribution in [0.15, 0.2) is 18.2 Å². The van der Waals surface area contributed by atoms with Crippen LogP contribution >= 0.6 is 0 Å². The van der Waals surface area contributed by atoms with Crippen LogP contribution in [0, 0.1) is 0 Å². The predicted octanol–water partition coefficient (Wildman–Crippen LogP) is 0.565. The summed E-state index contributed by atoms with van der Waals surface area (Å²) < 4.78 is 11.0. The number of benzene rings is 1. The highest BCUT2D eigenvalue weighted by Gasteiger charge is 2.08. The average Bonchev–Trinajstić information content (AvgIpc) is 2.58. The highest BCUT2D eigenvalue weighted by atomic mass is 16.5. The molecule has 0 unspecified atom stereocenters. The van der Waals surface area contributed by atoms with E-state index in [1.807, 2.05) is 18.2 Å². The third-order valence-corrected chi connectivity index (χ3v) is 3.10. The summed E-state index contributed by atoms with van der Waals surface area (Å²) >= 11 is 0. The Morgan fingerprint density at radius 3 is 2.61 bits per heavy atom. The predicted molar refractivity (Wildman–Crippen MR) is 87.3 cm³/mol. The third-order valence-electron chi connectivity index (χ3n) is 3.10. The van der Waals surface area contributed by atoms with Crippen LogP contribution in [-0.2, 0) is 16.1 Å². The van der Waals surface area contributed by atoms with Gasteiger partial charge in [-0.05, 0) is 24.1 Å². The first-order chi connectivity index (χ1) is 11.1. The maximum absolute atomic E-state index is 11.6. The van der Waals surface area contributed by atoms with Crippen LogP contribution in [0.25, 0.3) is 0 Å². The lowest BCUT2D eigenvalue weighted by atomic mass is 10.2. The number of carbonyl (C=O) groups is 2. The van der Waals surface area contributed by atoms with Crippen LogP contribution in [0.3, 0.4) is 0 Å². The topological polar surface area (TPSA) is 103 Å². The summed E-state index contributed by atoms with van der Waals surface area (Å²) in [5, 5.41) is 5.12. The first-order valence-corrected chi connectivity index (χ1v) is 7.63. The van der Waals surface area contributed by atoms with Gasteiger partial charge in [-0.1, -0.05) is 19.4 Å². The molecule has 0 atom stereocenters. The van der Waals surface area contributed by atoms with E-state index in [4.69, 9.17) is 15.2 Å². The molecule has 0 aliphatic carbocycles. The summed E-state index contributed by atoms with van der Waals surface area (Å²) in [6.45, 7) is 2.85. The quantitative estimate of drug-likeness (QED) is 0.546. The molecule has 128 valence electrons. The number of unbranched alkanes of at least 4 members (excludes halogenated alkanes) is 1. The molecule has 0 spiro atoms. The molecule has 1 aromatic carbocycles. The van der Waals surface area contributed by atoms with Gasteiger partial charge < -0.3 is 25.8 Å². The van der Waals surface area contributed by atoms with Gasteiger partial charge in [-0.15, -0.1) is 0 Å². The van der Waals surface area contributed by atoms with Crippen molar-refractivity contribution in [3.05, 3.63) is 23.8 Å². The molecule has 23 heavy (non-hydrogen) atoms. The highest BCUT2D eigenvalue weighted by Crippen LogP contribution is 2.28. The second kappa shape index (κ2) is 10.4. The van der Waals surface area contributed by atoms with Gasteiger partial charge in [0.2, 0.25) is 11.8 Å². The van der Waals surface area contributed by atoms with E-state index in [-0.39, 0.29) is 24.9 Å². The summed E-state index contributed by atoms with van der Waals surface area (Å²) in [5.41, 5.74) is 6.02. The lowest BCUT2D eigenvalue weighted by Gasteiger charge is -2.12. The molecule has 0 saturated heterocycles. The average molecular weight is 323 g/mol. The molecule has 7 heteroatoms. The number of amides is 2. The normalized spacial score (nSPS) is 10.0. The fraction of sp³-hybridized carbons (Fsp3) is 0.500. The van der Waals surface area contributed by atoms with Crippen LogP contribution in [0.1, 0.15) is 25.3 Å². The van der Waals surface area contributed by atoms with Crippen molar-refractivity contribution in [3.8, 4) is 11.5 Å². The molecule has 0 fully saturated rings. The van der Waals surface area contributed by atoms with Crippen molar-refractivity contribution in [2.45, 2.75) is 26.3 Å².